The van der Waals surface area contributed by atoms with E-state index in [0.29, 0.717) is 30.8 Å². The molecule has 0 radical (unpaired) electrons. The third kappa shape index (κ3) is 2.75. The van der Waals surface area contributed by atoms with E-state index in [4.69, 9.17) is 0 Å². The second-order valence-electron chi connectivity index (χ2n) is 6.07. The van der Waals surface area contributed by atoms with Gasteiger partial charge in [-0.05, 0) is 54.2 Å². The molecule has 1 aromatic rings. The van der Waals surface area contributed by atoms with Gasteiger partial charge in [-0.1, -0.05) is 6.92 Å². The Kier molecular flexibility index (Phi) is 4.36. The zero-order valence-corrected chi connectivity index (χ0v) is 14.3. The summed E-state index contributed by atoms with van der Waals surface area (Å²) in [5.41, 5.74) is 2.18. The Labute approximate surface area is 134 Å². The number of hydrogen-bond acceptors (Lipinski definition) is 3. The van der Waals surface area contributed by atoms with Crippen LogP contribution in [-0.2, 0) is 24.8 Å². The van der Waals surface area contributed by atoms with E-state index < -0.39 is 0 Å². The van der Waals surface area contributed by atoms with E-state index in [1.165, 1.54) is 0 Å². The van der Waals surface area contributed by atoms with Gasteiger partial charge >= 0.3 is 0 Å². The van der Waals surface area contributed by atoms with E-state index in [2.05, 4.69) is 38.2 Å². The lowest BCUT2D eigenvalue weighted by atomic mass is 9.84. The molecule has 1 aromatic heterocycles. The Bertz CT molecular complexity index is 542. The van der Waals surface area contributed by atoms with Crippen molar-refractivity contribution >= 4 is 21.8 Å². The molecule has 1 amide bonds. The van der Waals surface area contributed by atoms with Crippen molar-refractivity contribution in [1.29, 1.82) is 0 Å². The van der Waals surface area contributed by atoms with Gasteiger partial charge in [0, 0.05) is 19.5 Å². The van der Waals surface area contributed by atoms with Gasteiger partial charge in [-0.3, -0.25) is 9.48 Å². The van der Waals surface area contributed by atoms with Crippen LogP contribution in [0.1, 0.15) is 37.6 Å². The summed E-state index contributed by atoms with van der Waals surface area (Å²) in [6.07, 6.45) is 3.67. The molecule has 0 aliphatic carbocycles. The Morgan fingerprint density at radius 1 is 1.43 bits per heavy atom. The number of aromatic nitrogens is 2. The number of hydrogen-bond donors (Lipinski definition) is 1. The quantitative estimate of drug-likeness (QED) is 0.900. The van der Waals surface area contributed by atoms with Crippen LogP contribution in [0.4, 0.5) is 0 Å². The van der Waals surface area contributed by atoms with Crippen LogP contribution in [0.5, 0.6) is 0 Å². The van der Waals surface area contributed by atoms with Gasteiger partial charge in [-0.15, -0.1) is 0 Å². The monoisotopic (exact) mass is 354 g/mol. The minimum atomic E-state index is 0.296. The molecule has 2 unspecified atom stereocenters. The number of halogens is 1. The van der Waals surface area contributed by atoms with E-state index >= 15 is 0 Å². The second kappa shape index (κ2) is 6.08. The van der Waals surface area contributed by atoms with E-state index in [0.717, 1.165) is 48.2 Å². The van der Waals surface area contributed by atoms with Crippen LogP contribution < -0.4 is 5.32 Å². The fourth-order valence-corrected chi connectivity index (χ4v) is 4.35. The maximum atomic E-state index is 12.4. The Morgan fingerprint density at radius 3 is 2.95 bits per heavy atom. The zero-order valence-electron chi connectivity index (χ0n) is 12.7. The van der Waals surface area contributed by atoms with Gasteiger partial charge in [-0.2, -0.15) is 5.10 Å². The average molecular weight is 355 g/mol. The summed E-state index contributed by atoms with van der Waals surface area (Å²) in [4.78, 5) is 14.5. The van der Waals surface area contributed by atoms with Gasteiger partial charge in [0.05, 0.1) is 22.4 Å². The molecule has 2 atom stereocenters. The maximum absolute atomic E-state index is 12.4. The predicted molar refractivity (Wildman–Crippen MR) is 84.8 cm³/mol. The molecular formula is C15H23BrN4O. The minimum absolute atomic E-state index is 0.296. The van der Waals surface area contributed by atoms with Crippen molar-refractivity contribution in [1.82, 2.24) is 20.0 Å². The molecule has 0 spiro atoms. The number of nitrogens with zero attached hydrogens (tertiary/aromatic N) is 3. The molecule has 5 nitrogen and oxygen atoms in total. The Morgan fingerprint density at radius 2 is 2.24 bits per heavy atom. The highest BCUT2D eigenvalue weighted by Crippen LogP contribution is 2.31. The van der Waals surface area contributed by atoms with Crippen LogP contribution in [0.2, 0.25) is 0 Å². The molecule has 2 aliphatic rings. The van der Waals surface area contributed by atoms with Crippen LogP contribution in [0, 0.1) is 5.92 Å². The first-order valence-corrected chi connectivity index (χ1v) is 8.61. The average Bonchev–Trinajstić information content (AvgIpc) is 2.77. The standard InChI is InChI=1S/C15H23BrN4O/c1-3-11-15(16)13(19(2)18-11)9-20-12-6-7-17-8-10(12)4-5-14(20)21/h10,12,17H,3-9H2,1-2H3. The second-order valence-corrected chi connectivity index (χ2v) is 6.86. The summed E-state index contributed by atoms with van der Waals surface area (Å²) in [5.74, 6) is 0.901. The smallest absolute Gasteiger partial charge is 0.223 e. The summed E-state index contributed by atoms with van der Waals surface area (Å²) in [6.45, 7) is 4.83. The van der Waals surface area contributed by atoms with E-state index in [1.807, 2.05) is 11.7 Å². The molecule has 0 bridgehead atoms. The highest BCUT2D eigenvalue weighted by atomic mass is 79.9. The molecule has 3 rings (SSSR count). The molecule has 6 heteroatoms. The molecule has 0 aromatic carbocycles. The van der Waals surface area contributed by atoms with Crippen LogP contribution in [0.15, 0.2) is 4.47 Å². The highest BCUT2D eigenvalue weighted by Gasteiger charge is 2.37. The molecule has 3 heterocycles. The Balaban J connectivity index is 1.85. The van der Waals surface area contributed by atoms with E-state index in [9.17, 15) is 4.79 Å². The molecule has 1 N–H and O–H groups in total. The van der Waals surface area contributed by atoms with Crippen molar-refractivity contribution in [3.63, 3.8) is 0 Å². The first-order valence-electron chi connectivity index (χ1n) is 7.82. The normalized spacial score (nSPS) is 26.0. The van der Waals surface area contributed by atoms with Crippen molar-refractivity contribution in [3.8, 4) is 0 Å². The van der Waals surface area contributed by atoms with E-state index in [-0.39, 0.29) is 0 Å². The topological polar surface area (TPSA) is 50.2 Å². The molecule has 2 saturated heterocycles. The minimum Gasteiger partial charge on any atom is -0.333 e. The molecule has 2 fully saturated rings. The molecule has 2 aliphatic heterocycles. The molecule has 0 saturated carbocycles. The first kappa shape index (κ1) is 15.0. The van der Waals surface area contributed by atoms with Crippen LogP contribution in [0.3, 0.4) is 0 Å². The van der Waals surface area contributed by atoms with Crippen LogP contribution >= 0.6 is 15.9 Å². The summed E-state index contributed by atoms with van der Waals surface area (Å²) >= 11 is 3.66. The largest absolute Gasteiger partial charge is 0.333 e. The van der Waals surface area contributed by atoms with Crippen molar-refractivity contribution in [2.24, 2.45) is 13.0 Å². The number of rotatable bonds is 3. The number of piperidine rings is 2. The van der Waals surface area contributed by atoms with Crippen molar-refractivity contribution in [3.05, 3.63) is 15.9 Å². The van der Waals surface area contributed by atoms with Gasteiger partial charge in [0.2, 0.25) is 5.91 Å². The third-order valence-electron chi connectivity index (χ3n) is 4.84. The molecule has 21 heavy (non-hydrogen) atoms. The fourth-order valence-electron chi connectivity index (χ4n) is 3.61. The first-order chi connectivity index (χ1) is 10.1. The predicted octanol–water partition coefficient (Wildman–Crippen LogP) is 1.85. The van der Waals surface area contributed by atoms with Crippen molar-refractivity contribution in [2.75, 3.05) is 13.1 Å². The summed E-state index contributed by atoms with van der Waals surface area (Å²) in [6, 6.07) is 0.388. The molecular weight excluding hydrogens is 332 g/mol. The van der Waals surface area contributed by atoms with Crippen LogP contribution in [0.25, 0.3) is 0 Å². The maximum Gasteiger partial charge on any atom is 0.223 e. The van der Waals surface area contributed by atoms with Gasteiger partial charge in [0.15, 0.2) is 0 Å². The summed E-state index contributed by atoms with van der Waals surface area (Å²) < 4.78 is 2.98. The van der Waals surface area contributed by atoms with Crippen molar-refractivity contribution < 1.29 is 4.79 Å². The third-order valence-corrected chi connectivity index (χ3v) is 5.76. The lowest BCUT2D eigenvalue weighted by molar-refractivity contribution is -0.140. The SMILES string of the molecule is CCc1nn(C)c(CN2C(=O)CCC3CNCCC32)c1Br. The lowest BCUT2D eigenvalue weighted by Crippen LogP contribution is -2.54. The van der Waals surface area contributed by atoms with Gasteiger partial charge in [0.1, 0.15) is 0 Å². The number of carbonyl (C=O) groups excluding carboxylic acids is 1. The number of fused-ring (bicyclic) bond motifs is 1. The van der Waals surface area contributed by atoms with Gasteiger partial charge in [-0.25, -0.2) is 0 Å². The zero-order chi connectivity index (χ0) is 15.0. The Hall–Kier alpha value is -0.880. The van der Waals surface area contributed by atoms with E-state index in [1.54, 1.807) is 0 Å². The van der Waals surface area contributed by atoms with Gasteiger partial charge < -0.3 is 10.2 Å². The number of nitrogens with one attached hydrogen (secondary N) is 1. The number of carbonyl (C=O) groups is 1. The molecule has 116 valence electrons. The highest BCUT2D eigenvalue weighted by molar-refractivity contribution is 9.10. The number of aryl methyl sites for hydroxylation is 2. The van der Waals surface area contributed by atoms with Crippen LogP contribution in [-0.4, -0.2) is 39.7 Å². The van der Waals surface area contributed by atoms with Crippen molar-refractivity contribution in [2.45, 2.75) is 45.2 Å². The van der Waals surface area contributed by atoms with Gasteiger partial charge in [0.25, 0.3) is 0 Å². The summed E-state index contributed by atoms with van der Waals surface area (Å²) in [5, 5.41) is 8.00. The lowest BCUT2D eigenvalue weighted by Gasteiger charge is -2.44. The number of amides is 1. The number of likely N-dealkylation sites (tertiary alicyclic amines) is 1. The summed E-state index contributed by atoms with van der Waals surface area (Å²) in [7, 11) is 1.97. The fraction of sp³-hybridized carbons (Fsp3) is 0.733.